The molecule has 0 radical (unpaired) electrons. The Balaban J connectivity index is 1.65. The molecule has 7 nitrogen and oxygen atoms in total. The number of nitrogens with one attached hydrogen (secondary N) is 2. The molecule has 1 amide bonds. The summed E-state index contributed by atoms with van der Waals surface area (Å²) in [5.41, 5.74) is 2.73. The number of thioether (sulfide) groups is 1. The summed E-state index contributed by atoms with van der Waals surface area (Å²) in [6.07, 6.45) is 4.03. The van der Waals surface area contributed by atoms with E-state index in [4.69, 9.17) is 4.74 Å². The van der Waals surface area contributed by atoms with Gasteiger partial charge < -0.3 is 15.0 Å². The summed E-state index contributed by atoms with van der Waals surface area (Å²) >= 11 is 1.38. The molecule has 27 heavy (non-hydrogen) atoms. The van der Waals surface area contributed by atoms with Crippen LogP contribution in [0.3, 0.4) is 0 Å². The second kappa shape index (κ2) is 8.68. The molecule has 2 N–H and O–H groups in total. The first-order chi connectivity index (χ1) is 13.1. The fraction of sp³-hybridized carbons (Fsp3) is 0.263. The number of amides is 1. The fourth-order valence-corrected chi connectivity index (χ4v) is 3.40. The first-order valence-electron chi connectivity index (χ1n) is 8.65. The second-order valence-corrected chi connectivity index (χ2v) is 6.93. The van der Waals surface area contributed by atoms with Gasteiger partial charge in [0.2, 0.25) is 5.91 Å². The van der Waals surface area contributed by atoms with Gasteiger partial charge in [-0.15, -0.1) is 0 Å². The number of carbonyl (C=O) groups excluding carboxylic acids is 2. The quantitative estimate of drug-likeness (QED) is 0.477. The Kier molecular flexibility index (Phi) is 6.08. The second-order valence-electron chi connectivity index (χ2n) is 5.74. The predicted molar refractivity (Wildman–Crippen MR) is 105 cm³/mol. The molecule has 1 atom stereocenters. The highest BCUT2D eigenvalue weighted by Gasteiger charge is 2.20. The maximum absolute atomic E-state index is 12.6. The molecule has 140 valence electrons. The Morgan fingerprint density at radius 1 is 1.22 bits per heavy atom. The fourth-order valence-electron chi connectivity index (χ4n) is 2.47. The topological polar surface area (TPSA) is 97.0 Å². The molecule has 0 unspecified atom stereocenters. The maximum Gasteiger partial charge on any atom is 0.338 e. The van der Waals surface area contributed by atoms with E-state index < -0.39 is 0 Å². The number of benzene rings is 1. The summed E-state index contributed by atoms with van der Waals surface area (Å²) in [5.74, 6) is -0.498. The molecule has 8 heteroatoms. The highest BCUT2D eigenvalue weighted by atomic mass is 32.2. The lowest BCUT2D eigenvalue weighted by atomic mass is 10.2. The van der Waals surface area contributed by atoms with Crippen LogP contribution >= 0.6 is 11.8 Å². The molecule has 0 aliphatic carbocycles. The van der Waals surface area contributed by atoms with E-state index in [0.29, 0.717) is 29.4 Å². The highest BCUT2D eigenvalue weighted by Crippen LogP contribution is 2.26. The molecule has 0 aliphatic rings. The van der Waals surface area contributed by atoms with E-state index in [2.05, 4.69) is 20.3 Å². The van der Waals surface area contributed by atoms with Gasteiger partial charge in [-0.05, 0) is 43.7 Å². The van der Waals surface area contributed by atoms with Crippen LogP contribution in [0.4, 0.5) is 5.69 Å². The van der Waals surface area contributed by atoms with Crippen LogP contribution in [0, 0.1) is 0 Å². The summed E-state index contributed by atoms with van der Waals surface area (Å²) < 4.78 is 4.95. The molecule has 0 fully saturated rings. The zero-order chi connectivity index (χ0) is 19.2. The highest BCUT2D eigenvalue weighted by molar-refractivity contribution is 8.00. The van der Waals surface area contributed by atoms with E-state index in [0.717, 1.165) is 11.0 Å². The van der Waals surface area contributed by atoms with Gasteiger partial charge in [-0.1, -0.05) is 18.7 Å². The number of anilines is 1. The Morgan fingerprint density at radius 3 is 2.67 bits per heavy atom. The van der Waals surface area contributed by atoms with Crippen LogP contribution in [-0.4, -0.2) is 38.7 Å². The summed E-state index contributed by atoms with van der Waals surface area (Å²) in [4.78, 5) is 36.0. The molecule has 1 aromatic carbocycles. The van der Waals surface area contributed by atoms with Crippen molar-refractivity contribution < 1.29 is 14.3 Å². The summed E-state index contributed by atoms with van der Waals surface area (Å²) in [7, 11) is 0. The monoisotopic (exact) mass is 384 g/mol. The number of hydrogen-bond acceptors (Lipinski definition) is 6. The van der Waals surface area contributed by atoms with Crippen molar-refractivity contribution in [2.45, 2.75) is 30.7 Å². The van der Waals surface area contributed by atoms with Gasteiger partial charge in [0.25, 0.3) is 0 Å². The van der Waals surface area contributed by atoms with Crippen molar-refractivity contribution in [2.24, 2.45) is 0 Å². The van der Waals surface area contributed by atoms with E-state index in [1.807, 2.05) is 13.0 Å². The number of aromatic amines is 1. The van der Waals surface area contributed by atoms with Gasteiger partial charge in [0, 0.05) is 11.9 Å². The molecule has 0 saturated carbocycles. The van der Waals surface area contributed by atoms with Crippen LogP contribution in [0.15, 0.2) is 47.9 Å². The molecule has 0 bridgehead atoms. The Bertz CT molecular complexity index is 907. The van der Waals surface area contributed by atoms with Crippen LogP contribution in [0.2, 0.25) is 0 Å². The van der Waals surface area contributed by atoms with Crippen molar-refractivity contribution in [1.29, 1.82) is 0 Å². The van der Waals surface area contributed by atoms with Gasteiger partial charge in [-0.25, -0.2) is 9.78 Å². The van der Waals surface area contributed by atoms with Crippen LogP contribution in [0.1, 0.15) is 30.6 Å². The number of esters is 1. The minimum atomic E-state index is -0.378. The third-order valence-corrected chi connectivity index (χ3v) is 5.09. The minimum absolute atomic E-state index is 0.120. The van der Waals surface area contributed by atoms with Gasteiger partial charge in [-0.2, -0.15) is 0 Å². The molecule has 0 aliphatic heterocycles. The molecular weight excluding hydrogens is 364 g/mol. The van der Waals surface area contributed by atoms with E-state index in [9.17, 15) is 9.59 Å². The number of nitrogens with zero attached hydrogens (tertiary/aromatic N) is 2. The van der Waals surface area contributed by atoms with Crippen molar-refractivity contribution in [3.05, 3.63) is 48.3 Å². The van der Waals surface area contributed by atoms with E-state index in [1.165, 1.54) is 11.8 Å². The molecule has 3 rings (SSSR count). The number of carbonyl (C=O) groups is 2. The average Bonchev–Trinajstić information content (AvgIpc) is 3.09. The minimum Gasteiger partial charge on any atom is -0.462 e. The van der Waals surface area contributed by atoms with Crippen LogP contribution < -0.4 is 5.32 Å². The van der Waals surface area contributed by atoms with Crippen LogP contribution in [0.25, 0.3) is 11.0 Å². The standard InChI is InChI=1S/C19H20N4O3S/c1-3-16(27-19-22-14-9-10-20-11-15(14)23-19)17(24)21-13-7-5-12(6-8-13)18(25)26-4-2/h5-11,16H,3-4H2,1-2H3,(H,21,24)(H,22,23)/t16-/m0/s1. The van der Waals surface area contributed by atoms with Gasteiger partial charge >= 0.3 is 5.97 Å². The van der Waals surface area contributed by atoms with Crippen LogP contribution in [0.5, 0.6) is 0 Å². The first kappa shape index (κ1) is 18.9. The number of pyridine rings is 1. The van der Waals surface area contributed by atoms with Crippen LogP contribution in [-0.2, 0) is 9.53 Å². The van der Waals surface area contributed by atoms with Crippen molar-refractivity contribution in [3.63, 3.8) is 0 Å². The third-order valence-electron chi connectivity index (χ3n) is 3.84. The number of H-pyrrole nitrogens is 1. The number of aromatic nitrogens is 3. The summed E-state index contributed by atoms with van der Waals surface area (Å²) in [5, 5.41) is 3.26. The maximum atomic E-state index is 12.6. The molecule has 3 aromatic rings. The summed E-state index contributed by atoms with van der Waals surface area (Å²) in [6, 6.07) is 8.46. The zero-order valence-electron chi connectivity index (χ0n) is 15.1. The van der Waals surface area contributed by atoms with Gasteiger partial charge in [0.05, 0.1) is 34.7 Å². The number of hydrogen-bond donors (Lipinski definition) is 2. The lowest BCUT2D eigenvalue weighted by Gasteiger charge is -2.13. The number of imidazole rings is 1. The smallest absolute Gasteiger partial charge is 0.338 e. The molecule has 2 aromatic heterocycles. The molecule has 0 saturated heterocycles. The number of rotatable bonds is 7. The van der Waals surface area contributed by atoms with Crippen molar-refractivity contribution in [1.82, 2.24) is 15.0 Å². The largest absolute Gasteiger partial charge is 0.462 e. The molecular formula is C19H20N4O3S. The normalized spacial score (nSPS) is 11.9. The number of ether oxygens (including phenoxy) is 1. The van der Waals surface area contributed by atoms with Crippen molar-refractivity contribution in [3.8, 4) is 0 Å². The van der Waals surface area contributed by atoms with E-state index >= 15 is 0 Å². The van der Waals surface area contributed by atoms with Gasteiger partial charge in [-0.3, -0.25) is 9.78 Å². The van der Waals surface area contributed by atoms with E-state index in [1.54, 1.807) is 43.6 Å². The van der Waals surface area contributed by atoms with Crippen molar-refractivity contribution >= 4 is 40.4 Å². The molecule has 2 heterocycles. The van der Waals surface area contributed by atoms with Gasteiger partial charge in [0.1, 0.15) is 0 Å². The average molecular weight is 384 g/mol. The first-order valence-corrected chi connectivity index (χ1v) is 9.53. The Labute approximate surface area is 160 Å². The Hall–Kier alpha value is -2.87. The molecule has 0 spiro atoms. The Morgan fingerprint density at radius 2 is 2.00 bits per heavy atom. The predicted octanol–water partition coefficient (Wildman–Crippen LogP) is 3.64. The van der Waals surface area contributed by atoms with Crippen molar-refractivity contribution in [2.75, 3.05) is 11.9 Å². The number of fused-ring (bicyclic) bond motifs is 1. The lowest BCUT2D eigenvalue weighted by Crippen LogP contribution is -2.24. The summed E-state index contributed by atoms with van der Waals surface area (Å²) in [6.45, 7) is 4.03. The zero-order valence-corrected chi connectivity index (χ0v) is 15.9. The SMILES string of the molecule is CCOC(=O)c1ccc(NC(=O)[C@H](CC)Sc2nc3ccncc3[nH]2)cc1. The van der Waals surface area contributed by atoms with Gasteiger partial charge in [0.15, 0.2) is 5.16 Å². The lowest BCUT2D eigenvalue weighted by molar-refractivity contribution is -0.115. The third kappa shape index (κ3) is 4.65. The van der Waals surface area contributed by atoms with E-state index in [-0.39, 0.29) is 17.1 Å².